The van der Waals surface area contributed by atoms with Crippen molar-refractivity contribution in [2.75, 3.05) is 7.11 Å². The molecule has 0 atom stereocenters. The van der Waals surface area contributed by atoms with E-state index in [9.17, 15) is 9.59 Å². The van der Waals surface area contributed by atoms with Crippen LogP contribution in [0.25, 0.3) is 10.9 Å². The molecule has 0 saturated heterocycles. The monoisotopic (exact) mass is 329 g/mol. The van der Waals surface area contributed by atoms with Crippen LogP contribution in [-0.4, -0.2) is 18.1 Å². The predicted octanol–water partition coefficient (Wildman–Crippen LogP) is 1.92. The molecule has 0 unspecified atom stereocenters. The van der Waals surface area contributed by atoms with Crippen molar-refractivity contribution in [3.8, 4) is 0 Å². The second-order valence-electron chi connectivity index (χ2n) is 3.21. The quantitative estimate of drug-likeness (QED) is 0.642. The van der Waals surface area contributed by atoms with Gasteiger partial charge in [-0.1, -0.05) is 0 Å². The van der Waals surface area contributed by atoms with E-state index >= 15 is 0 Å². The van der Waals surface area contributed by atoms with Gasteiger partial charge in [-0.05, 0) is 34.7 Å². The average Bonchev–Trinajstić information content (AvgIpc) is 2.28. The molecule has 0 saturated carbocycles. The minimum Gasteiger partial charge on any atom is -0.465 e. The topological polar surface area (TPSA) is 59.2 Å². The van der Waals surface area contributed by atoms with Crippen LogP contribution in [0.15, 0.2) is 29.2 Å². The van der Waals surface area contributed by atoms with Crippen LogP contribution in [0.1, 0.15) is 10.4 Å². The van der Waals surface area contributed by atoms with Gasteiger partial charge in [0.05, 0.1) is 18.2 Å². The summed E-state index contributed by atoms with van der Waals surface area (Å²) in [5.41, 5.74) is 0.777. The first-order valence-corrected chi connectivity index (χ1v) is 5.60. The molecule has 4 nitrogen and oxygen atoms in total. The molecular formula is C11H8INO3. The summed E-state index contributed by atoms with van der Waals surface area (Å²) in [5.74, 6) is -0.453. The smallest absolute Gasteiger partial charge is 0.340 e. The van der Waals surface area contributed by atoms with E-state index in [1.54, 1.807) is 12.1 Å². The molecule has 1 aromatic carbocycles. The number of benzene rings is 1. The fourth-order valence-corrected chi connectivity index (χ4v) is 2.14. The maximum Gasteiger partial charge on any atom is 0.340 e. The Bertz CT molecular complexity index is 618. The van der Waals surface area contributed by atoms with Crippen LogP contribution in [0, 0.1) is 3.57 Å². The number of pyridine rings is 1. The van der Waals surface area contributed by atoms with Crippen molar-refractivity contribution in [3.05, 3.63) is 43.8 Å². The highest BCUT2D eigenvalue weighted by Gasteiger charge is 2.13. The van der Waals surface area contributed by atoms with Crippen molar-refractivity contribution in [3.63, 3.8) is 0 Å². The maximum atomic E-state index is 11.6. The van der Waals surface area contributed by atoms with Gasteiger partial charge in [-0.2, -0.15) is 0 Å². The Morgan fingerprint density at radius 3 is 2.88 bits per heavy atom. The number of aromatic amines is 1. The molecule has 1 N–H and O–H groups in total. The zero-order valence-electron chi connectivity index (χ0n) is 8.41. The van der Waals surface area contributed by atoms with E-state index in [2.05, 4.69) is 32.3 Å². The van der Waals surface area contributed by atoms with E-state index < -0.39 is 5.97 Å². The second kappa shape index (κ2) is 4.25. The predicted molar refractivity (Wildman–Crippen MR) is 68.6 cm³/mol. The Morgan fingerprint density at radius 1 is 1.44 bits per heavy atom. The van der Waals surface area contributed by atoms with E-state index in [-0.39, 0.29) is 5.43 Å². The summed E-state index contributed by atoms with van der Waals surface area (Å²) in [5, 5.41) is 0.495. The highest BCUT2D eigenvalue weighted by atomic mass is 127. The molecular weight excluding hydrogens is 321 g/mol. The van der Waals surface area contributed by atoms with Crippen molar-refractivity contribution in [1.29, 1.82) is 0 Å². The molecule has 0 amide bonds. The Hall–Kier alpha value is -1.37. The third-order valence-corrected chi connectivity index (χ3v) is 2.86. The lowest BCUT2D eigenvalue weighted by Gasteiger charge is -2.05. The molecule has 5 heteroatoms. The Labute approximate surface area is 105 Å². The summed E-state index contributed by atoms with van der Waals surface area (Å²) in [6.45, 7) is 0. The third kappa shape index (κ3) is 1.82. The molecule has 16 heavy (non-hydrogen) atoms. The van der Waals surface area contributed by atoms with Crippen molar-refractivity contribution >= 4 is 39.5 Å². The lowest BCUT2D eigenvalue weighted by Crippen LogP contribution is -2.08. The number of rotatable bonds is 1. The minimum absolute atomic E-state index is 0.114. The van der Waals surface area contributed by atoms with E-state index in [0.29, 0.717) is 16.5 Å². The number of fused-ring (bicyclic) bond motifs is 1. The number of ether oxygens (including phenoxy) is 1. The number of hydrogen-bond acceptors (Lipinski definition) is 3. The summed E-state index contributed by atoms with van der Waals surface area (Å²) in [7, 11) is 1.31. The number of nitrogens with one attached hydrogen (secondary N) is 1. The third-order valence-electron chi connectivity index (χ3n) is 2.24. The maximum absolute atomic E-state index is 11.6. The highest BCUT2D eigenvalue weighted by molar-refractivity contribution is 14.1. The molecule has 0 spiro atoms. The molecule has 0 aliphatic heterocycles. The van der Waals surface area contributed by atoms with Crippen LogP contribution >= 0.6 is 22.6 Å². The molecule has 0 fully saturated rings. The van der Waals surface area contributed by atoms with Gasteiger partial charge in [0, 0.05) is 21.2 Å². The van der Waals surface area contributed by atoms with E-state index in [4.69, 9.17) is 0 Å². The van der Waals surface area contributed by atoms with Crippen LogP contribution in [0.2, 0.25) is 0 Å². The fraction of sp³-hybridized carbons (Fsp3) is 0.0909. The normalized spacial score (nSPS) is 10.4. The first-order valence-electron chi connectivity index (χ1n) is 4.52. The van der Waals surface area contributed by atoms with Gasteiger partial charge in [0.25, 0.3) is 0 Å². The summed E-state index contributed by atoms with van der Waals surface area (Å²) < 4.78 is 5.50. The molecule has 0 radical (unpaired) electrons. The number of methoxy groups -OCH3 is 1. The first kappa shape index (κ1) is 11.1. The molecule has 0 aliphatic rings. The molecule has 1 heterocycles. The average molecular weight is 329 g/mol. The Kier molecular flexibility index (Phi) is 2.95. The van der Waals surface area contributed by atoms with Crippen molar-refractivity contribution in [2.24, 2.45) is 0 Å². The number of aromatic nitrogens is 1. The van der Waals surface area contributed by atoms with Gasteiger partial charge in [0.15, 0.2) is 5.43 Å². The SMILES string of the molecule is COC(=O)c1cc(I)cc2c(=O)cc[nH]c12. The van der Waals surface area contributed by atoms with E-state index in [1.165, 1.54) is 19.4 Å². The number of hydrogen-bond donors (Lipinski definition) is 1. The van der Waals surface area contributed by atoms with Crippen LogP contribution in [-0.2, 0) is 4.74 Å². The number of carbonyl (C=O) groups excluding carboxylic acids is 1. The van der Waals surface area contributed by atoms with Crippen LogP contribution in [0.3, 0.4) is 0 Å². The Morgan fingerprint density at radius 2 is 2.19 bits per heavy atom. The molecule has 0 bridgehead atoms. The zero-order chi connectivity index (χ0) is 11.7. The number of H-pyrrole nitrogens is 1. The molecule has 2 aromatic rings. The van der Waals surface area contributed by atoms with Crippen LogP contribution < -0.4 is 5.43 Å². The van der Waals surface area contributed by atoms with E-state index in [1.807, 2.05) is 0 Å². The number of esters is 1. The van der Waals surface area contributed by atoms with Crippen molar-refractivity contribution in [1.82, 2.24) is 4.98 Å². The molecule has 2 rings (SSSR count). The van der Waals surface area contributed by atoms with E-state index in [0.717, 1.165) is 3.57 Å². The van der Waals surface area contributed by atoms with Gasteiger partial charge in [0.2, 0.25) is 0 Å². The Balaban J connectivity index is 2.88. The van der Waals surface area contributed by atoms with Gasteiger partial charge in [-0.3, -0.25) is 4.79 Å². The summed E-state index contributed by atoms with van der Waals surface area (Å²) >= 11 is 2.06. The lowest BCUT2D eigenvalue weighted by molar-refractivity contribution is 0.0602. The van der Waals surface area contributed by atoms with Crippen LogP contribution in [0.5, 0.6) is 0 Å². The lowest BCUT2D eigenvalue weighted by atomic mass is 10.1. The summed E-state index contributed by atoms with van der Waals surface area (Å²) in [4.78, 5) is 26.1. The first-order chi connectivity index (χ1) is 7.63. The number of halogens is 1. The van der Waals surface area contributed by atoms with Gasteiger partial charge >= 0.3 is 5.97 Å². The summed E-state index contributed by atoms with van der Waals surface area (Å²) in [6.07, 6.45) is 1.52. The van der Waals surface area contributed by atoms with Crippen LogP contribution in [0.4, 0.5) is 0 Å². The zero-order valence-corrected chi connectivity index (χ0v) is 10.6. The molecule has 1 aromatic heterocycles. The second-order valence-corrected chi connectivity index (χ2v) is 4.46. The number of carbonyl (C=O) groups is 1. The standard InChI is InChI=1S/C11H8INO3/c1-16-11(15)8-5-6(12)4-7-9(14)2-3-13-10(7)8/h2-5H,1H3,(H,13,14). The molecule has 0 aliphatic carbocycles. The summed E-state index contributed by atoms with van der Waals surface area (Å²) in [6, 6.07) is 4.85. The highest BCUT2D eigenvalue weighted by Crippen LogP contribution is 2.18. The van der Waals surface area contributed by atoms with Gasteiger partial charge in [-0.15, -0.1) is 0 Å². The van der Waals surface area contributed by atoms with Gasteiger partial charge in [-0.25, -0.2) is 4.79 Å². The largest absolute Gasteiger partial charge is 0.465 e. The van der Waals surface area contributed by atoms with Crippen molar-refractivity contribution in [2.45, 2.75) is 0 Å². The van der Waals surface area contributed by atoms with Gasteiger partial charge < -0.3 is 9.72 Å². The fourth-order valence-electron chi connectivity index (χ4n) is 1.52. The van der Waals surface area contributed by atoms with Crippen molar-refractivity contribution < 1.29 is 9.53 Å². The molecule has 82 valence electrons. The minimum atomic E-state index is -0.453. The van der Waals surface area contributed by atoms with Gasteiger partial charge in [0.1, 0.15) is 0 Å².